The van der Waals surface area contributed by atoms with Gasteiger partial charge in [-0.2, -0.15) is 0 Å². The van der Waals surface area contributed by atoms with E-state index < -0.39 is 0 Å². The number of unbranched alkanes of at least 4 members (excludes halogenated alkanes) is 5. The topological polar surface area (TPSA) is 26.0 Å². The van der Waals surface area contributed by atoms with Crippen molar-refractivity contribution in [1.29, 1.82) is 0 Å². The molecular formula is C17H35N. The van der Waals surface area contributed by atoms with Crippen molar-refractivity contribution < 1.29 is 0 Å². The Labute approximate surface area is 115 Å². The van der Waals surface area contributed by atoms with E-state index in [-0.39, 0.29) is 0 Å². The van der Waals surface area contributed by atoms with Gasteiger partial charge in [0.25, 0.3) is 0 Å². The molecule has 1 heteroatoms. The summed E-state index contributed by atoms with van der Waals surface area (Å²) >= 11 is 0. The van der Waals surface area contributed by atoms with Crippen LogP contribution in [0.4, 0.5) is 0 Å². The molecule has 2 N–H and O–H groups in total. The van der Waals surface area contributed by atoms with E-state index in [9.17, 15) is 0 Å². The van der Waals surface area contributed by atoms with Crippen molar-refractivity contribution in [3.63, 3.8) is 0 Å². The molecule has 0 heterocycles. The summed E-state index contributed by atoms with van der Waals surface area (Å²) < 4.78 is 0. The van der Waals surface area contributed by atoms with Gasteiger partial charge in [0.2, 0.25) is 0 Å². The molecule has 1 nitrogen and oxygen atoms in total. The lowest BCUT2D eigenvalue weighted by atomic mass is 9.70. The van der Waals surface area contributed by atoms with Crippen molar-refractivity contribution in [1.82, 2.24) is 0 Å². The molecule has 1 fully saturated rings. The van der Waals surface area contributed by atoms with E-state index in [0.717, 1.165) is 5.92 Å². The average Bonchev–Trinajstić information content (AvgIpc) is 2.33. The highest BCUT2D eigenvalue weighted by Gasteiger charge is 2.29. The minimum absolute atomic E-state index is 0.479. The van der Waals surface area contributed by atoms with Crippen molar-refractivity contribution in [2.45, 2.75) is 97.4 Å². The third-order valence-electron chi connectivity index (χ3n) is 4.88. The zero-order valence-corrected chi connectivity index (χ0v) is 13.0. The molecule has 1 aliphatic rings. The molecule has 0 aromatic rings. The first-order valence-corrected chi connectivity index (χ1v) is 8.31. The summed E-state index contributed by atoms with van der Waals surface area (Å²) in [5.74, 6) is 0.814. The molecule has 0 amide bonds. The highest BCUT2D eigenvalue weighted by Crippen LogP contribution is 2.39. The number of rotatable bonds is 8. The normalized spacial score (nSPS) is 22.0. The minimum atomic E-state index is 0.479. The Kier molecular flexibility index (Phi) is 7.29. The first kappa shape index (κ1) is 16.0. The van der Waals surface area contributed by atoms with Crippen LogP contribution in [0.2, 0.25) is 0 Å². The fourth-order valence-electron chi connectivity index (χ4n) is 3.25. The van der Waals surface area contributed by atoms with Crippen molar-refractivity contribution in [2.75, 3.05) is 0 Å². The van der Waals surface area contributed by atoms with Gasteiger partial charge in [-0.05, 0) is 43.4 Å². The predicted molar refractivity (Wildman–Crippen MR) is 81.7 cm³/mol. The van der Waals surface area contributed by atoms with Crippen molar-refractivity contribution in [3.05, 3.63) is 0 Å². The van der Waals surface area contributed by atoms with Crippen LogP contribution in [-0.4, -0.2) is 6.04 Å². The fraction of sp³-hybridized carbons (Fsp3) is 1.00. The summed E-state index contributed by atoms with van der Waals surface area (Å²) in [5, 5.41) is 0. The van der Waals surface area contributed by atoms with Crippen molar-refractivity contribution in [2.24, 2.45) is 17.1 Å². The van der Waals surface area contributed by atoms with Crippen LogP contribution in [0.3, 0.4) is 0 Å². The lowest BCUT2D eigenvalue weighted by Crippen LogP contribution is -2.34. The van der Waals surface area contributed by atoms with E-state index in [1.54, 1.807) is 0 Å². The molecular weight excluding hydrogens is 218 g/mol. The Hall–Kier alpha value is -0.0400. The Morgan fingerprint density at radius 2 is 1.56 bits per heavy atom. The molecule has 0 radical (unpaired) electrons. The standard InChI is InChI=1S/C17H35N/c1-4-5-6-7-8-9-10-16(18)15-11-13-17(2,3)14-12-15/h15-16H,4-14,18H2,1-3H3. The molecule has 0 aliphatic heterocycles. The van der Waals surface area contributed by atoms with Gasteiger partial charge in [-0.3, -0.25) is 0 Å². The average molecular weight is 253 g/mol. The molecule has 0 aromatic carbocycles. The third kappa shape index (κ3) is 6.22. The number of hydrogen-bond donors (Lipinski definition) is 1. The predicted octanol–water partition coefficient (Wildman–Crippen LogP) is 5.28. The molecule has 0 spiro atoms. The highest BCUT2D eigenvalue weighted by molar-refractivity contribution is 4.83. The zero-order valence-electron chi connectivity index (χ0n) is 13.0. The lowest BCUT2D eigenvalue weighted by molar-refractivity contribution is 0.169. The Morgan fingerprint density at radius 3 is 2.17 bits per heavy atom. The quantitative estimate of drug-likeness (QED) is 0.585. The molecule has 1 atom stereocenters. The summed E-state index contributed by atoms with van der Waals surface area (Å²) in [4.78, 5) is 0. The van der Waals surface area contributed by atoms with Gasteiger partial charge in [0.1, 0.15) is 0 Å². The van der Waals surface area contributed by atoms with E-state index in [2.05, 4.69) is 20.8 Å². The van der Waals surface area contributed by atoms with E-state index in [1.165, 1.54) is 70.6 Å². The monoisotopic (exact) mass is 253 g/mol. The van der Waals surface area contributed by atoms with Crippen LogP contribution in [0.15, 0.2) is 0 Å². The third-order valence-corrected chi connectivity index (χ3v) is 4.88. The summed E-state index contributed by atoms with van der Waals surface area (Å²) in [6, 6.07) is 0.479. The van der Waals surface area contributed by atoms with E-state index in [4.69, 9.17) is 5.73 Å². The first-order valence-electron chi connectivity index (χ1n) is 8.31. The van der Waals surface area contributed by atoms with Crippen LogP contribution in [0, 0.1) is 11.3 Å². The molecule has 1 rings (SSSR count). The van der Waals surface area contributed by atoms with Gasteiger partial charge in [-0.15, -0.1) is 0 Å². The van der Waals surface area contributed by atoms with Crippen LogP contribution >= 0.6 is 0 Å². The maximum absolute atomic E-state index is 6.38. The molecule has 1 unspecified atom stereocenters. The summed E-state index contributed by atoms with van der Waals surface area (Å²) in [6.07, 6.45) is 15.1. The Bertz CT molecular complexity index is 200. The maximum atomic E-state index is 6.38. The molecule has 108 valence electrons. The fourth-order valence-corrected chi connectivity index (χ4v) is 3.25. The second-order valence-electron chi connectivity index (χ2n) is 7.22. The first-order chi connectivity index (χ1) is 8.55. The van der Waals surface area contributed by atoms with Gasteiger partial charge in [-0.25, -0.2) is 0 Å². The van der Waals surface area contributed by atoms with Gasteiger partial charge in [-0.1, -0.05) is 59.3 Å². The van der Waals surface area contributed by atoms with Crippen molar-refractivity contribution in [3.8, 4) is 0 Å². The molecule has 18 heavy (non-hydrogen) atoms. The summed E-state index contributed by atoms with van der Waals surface area (Å²) in [6.45, 7) is 7.09. The molecule has 0 aromatic heterocycles. The van der Waals surface area contributed by atoms with Crippen LogP contribution in [0.5, 0.6) is 0 Å². The van der Waals surface area contributed by atoms with Gasteiger partial charge in [0.15, 0.2) is 0 Å². The highest BCUT2D eigenvalue weighted by atomic mass is 14.7. The second-order valence-corrected chi connectivity index (χ2v) is 7.22. The van der Waals surface area contributed by atoms with E-state index >= 15 is 0 Å². The number of nitrogens with two attached hydrogens (primary N) is 1. The smallest absolute Gasteiger partial charge is 0.00671 e. The van der Waals surface area contributed by atoms with Gasteiger partial charge >= 0.3 is 0 Å². The minimum Gasteiger partial charge on any atom is -0.327 e. The molecule has 0 saturated heterocycles. The van der Waals surface area contributed by atoms with Crippen LogP contribution < -0.4 is 5.73 Å². The molecule has 0 bridgehead atoms. The van der Waals surface area contributed by atoms with Crippen LogP contribution in [0.25, 0.3) is 0 Å². The van der Waals surface area contributed by atoms with Gasteiger partial charge in [0, 0.05) is 6.04 Å². The Morgan fingerprint density at radius 1 is 1.00 bits per heavy atom. The molecule has 1 saturated carbocycles. The molecule has 1 aliphatic carbocycles. The largest absolute Gasteiger partial charge is 0.327 e. The van der Waals surface area contributed by atoms with Crippen LogP contribution in [0.1, 0.15) is 91.4 Å². The lowest BCUT2D eigenvalue weighted by Gasteiger charge is -2.36. The van der Waals surface area contributed by atoms with Crippen molar-refractivity contribution >= 4 is 0 Å². The summed E-state index contributed by atoms with van der Waals surface area (Å²) in [5.41, 5.74) is 6.96. The van der Waals surface area contributed by atoms with E-state index in [0.29, 0.717) is 11.5 Å². The van der Waals surface area contributed by atoms with E-state index in [1.807, 2.05) is 0 Å². The van der Waals surface area contributed by atoms with Gasteiger partial charge < -0.3 is 5.73 Å². The second kappa shape index (κ2) is 8.19. The van der Waals surface area contributed by atoms with Gasteiger partial charge in [0.05, 0.1) is 0 Å². The van der Waals surface area contributed by atoms with Crippen LogP contribution in [-0.2, 0) is 0 Å². The summed E-state index contributed by atoms with van der Waals surface area (Å²) in [7, 11) is 0. The number of hydrogen-bond acceptors (Lipinski definition) is 1. The SMILES string of the molecule is CCCCCCCCC(N)C1CCC(C)(C)CC1. The zero-order chi connectivity index (χ0) is 13.4. The maximum Gasteiger partial charge on any atom is 0.00671 e. The Balaban J connectivity index is 2.05.